The molecule has 5 aliphatic rings. The monoisotopic (exact) mass is 774 g/mol. The summed E-state index contributed by atoms with van der Waals surface area (Å²) >= 11 is 0. The van der Waals surface area contributed by atoms with E-state index in [0.29, 0.717) is 12.5 Å². The summed E-state index contributed by atoms with van der Waals surface area (Å²) < 4.78 is 51.8. The van der Waals surface area contributed by atoms with Crippen LogP contribution in [0.2, 0.25) is 0 Å². The molecule has 4 aromatic rings. The average molecular weight is 775 g/mol. The van der Waals surface area contributed by atoms with Crippen molar-refractivity contribution in [2.45, 2.75) is 120 Å². The molecule has 0 bridgehead atoms. The third-order valence-electron chi connectivity index (χ3n) is 10.9. The summed E-state index contributed by atoms with van der Waals surface area (Å²) in [7, 11) is -7.52. The van der Waals surface area contributed by atoms with Crippen LogP contribution in [0.3, 0.4) is 0 Å². The number of carbonyl (C=O) groups excluding carboxylic acids is 2. The van der Waals surface area contributed by atoms with E-state index >= 15 is 0 Å². The van der Waals surface area contributed by atoms with Crippen LogP contribution in [-0.4, -0.2) is 48.5 Å². The van der Waals surface area contributed by atoms with Gasteiger partial charge in [-0.3, -0.25) is 9.36 Å². The zero-order chi connectivity index (χ0) is 38.0. The summed E-state index contributed by atoms with van der Waals surface area (Å²) in [6.45, 7) is 3.22. The summed E-state index contributed by atoms with van der Waals surface area (Å²) in [5.74, 6) is 0.592. The van der Waals surface area contributed by atoms with Gasteiger partial charge in [0.05, 0.1) is 18.1 Å². The van der Waals surface area contributed by atoms with Crippen molar-refractivity contribution in [2.24, 2.45) is 16.0 Å². The maximum Gasteiger partial charge on any atom is 0.333 e. The number of nitrogens with two attached hydrogens (primary N) is 1. The molecule has 16 heteroatoms. The number of aromatic nitrogens is 4. The Hall–Kier alpha value is -4.63. The molecule has 2 amide bonds. The van der Waals surface area contributed by atoms with Crippen LogP contribution in [0.15, 0.2) is 51.7 Å². The molecule has 1 fully saturated rings. The van der Waals surface area contributed by atoms with Crippen LogP contribution in [0.25, 0.3) is 0 Å². The third kappa shape index (κ3) is 8.36. The Morgan fingerprint density at radius 3 is 1.78 bits per heavy atom. The van der Waals surface area contributed by atoms with Gasteiger partial charge in [-0.25, -0.2) is 36.3 Å². The maximum absolute atomic E-state index is 12.6. The highest BCUT2D eigenvalue weighted by atomic mass is 32.2. The van der Waals surface area contributed by atoms with E-state index in [1.165, 1.54) is 86.8 Å². The van der Waals surface area contributed by atoms with Crippen LogP contribution in [-0.2, 0) is 89.3 Å². The molecule has 0 aliphatic heterocycles. The van der Waals surface area contributed by atoms with E-state index in [1.54, 1.807) is 10.8 Å². The van der Waals surface area contributed by atoms with Crippen molar-refractivity contribution in [2.75, 3.05) is 5.32 Å². The quantitative estimate of drug-likeness (QED) is 0.165. The molecule has 0 unspecified atom stereocenters. The van der Waals surface area contributed by atoms with Crippen molar-refractivity contribution >= 4 is 43.5 Å². The van der Waals surface area contributed by atoms with Gasteiger partial charge in [0.1, 0.15) is 9.79 Å². The molecule has 1 saturated carbocycles. The van der Waals surface area contributed by atoms with Crippen molar-refractivity contribution < 1.29 is 26.4 Å². The van der Waals surface area contributed by atoms with Gasteiger partial charge >= 0.3 is 6.03 Å². The summed E-state index contributed by atoms with van der Waals surface area (Å²) in [6.07, 6.45) is 22.4. The second-order valence-electron chi connectivity index (χ2n) is 14.6. The number of sulfonamides is 2. The van der Waals surface area contributed by atoms with E-state index in [4.69, 9.17) is 5.14 Å². The minimum absolute atomic E-state index is 0.0202. The number of primary sulfonamides is 1. The van der Waals surface area contributed by atoms with Crippen molar-refractivity contribution in [3.05, 3.63) is 81.4 Å². The van der Waals surface area contributed by atoms with Crippen molar-refractivity contribution in [3.8, 4) is 0 Å². The van der Waals surface area contributed by atoms with Crippen LogP contribution >= 0.6 is 0 Å². The first-order valence-electron chi connectivity index (χ1n) is 18.8. The molecule has 54 heavy (non-hydrogen) atoms. The van der Waals surface area contributed by atoms with Crippen molar-refractivity contribution in [3.63, 3.8) is 0 Å². The Bertz CT molecular complexity index is 2290. The van der Waals surface area contributed by atoms with Gasteiger partial charge in [-0.1, -0.05) is 12.1 Å². The number of fused-ring (bicyclic) bond motifs is 4. The number of nitrogens with one attached hydrogen (secondary N) is 2. The molecule has 5 aliphatic carbocycles. The molecule has 0 atom stereocenters. The van der Waals surface area contributed by atoms with E-state index in [0.717, 1.165) is 95.0 Å². The molecule has 0 radical (unpaired) electrons. The van der Waals surface area contributed by atoms with Gasteiger partial charge in [-0.05, 0) is 147 Å². The molecule has 14 nitrogen and oxygen atoms in total. The van der Waals surface area contributed by atoms with Crippen LogP contribution in [0.1, 0.15) is 90.0 Å². The highest BCUT2D eigenvalue weighted by Crippen LogP contribution is 2.40. The van der Waals surface area contributed by atoms with Crippen LogP contribution in [0, 0.1) is 5.92 Å². The zero-order valence-corrected chi connectivity index (χ0v) is 32.1. The number of aliphatic imine (C=N–C) groups is 1. The largest absolute Gasteiger partial charge is 0.333 e. The van der Waals surface area contributed by atoms with E-state index in [9.17, 15) is 26.4 Å². The molecule has 2 aromatic carbocycles. The lowest BCUT2D eigenvalue weighted by Crippen LogP contribution is -2.34. The summed E-state index contributed by atoms with van der Waals surface area (Å²) in [4.78, 5) is 27.1. The first kappa shape index (κ1) is 37.7. The predicted octanol–water partition coefficient (Wildman–Crippen LogP) is 4.96. The van der Waals surface area contributed by atoms with Gasteiger partial charge in [-0.2, -0.15) is 15.2 Å². The van der Waals surface area contributed by atoms with Crippen LogP contribution in [0.5, 0.6) is 0 Å². The fourth-order valence-electron chi connectivity index (χ4n) is 8.07. The molecular weight excluding hydrogens is 729 g/mol. The number of nitrogens with zero attached hydrogens (tertiary/aromatic N) is 5. The lowest BCUT2D eigenvalue weighted by atomic mass is 9.99. The highest BCUT2D eigenvalue weighted by molar-refractivity contribution is 7.90. The first-order valence-corrected chi connectivity index (χ1v) is 21.8. The van der Waals surface area contributed by atoms with Gasteiger partial charge in [-0.15, -0.1) is 0 Å². The smallest absolute Gasteiger partial charge is 0.307 e. The number of hydrogen-bond acceptors (Lipinski definition) is 9. The number of benzene rings is 2. The molecule has 9 rings (SSSR count). The fraction of sp³-hybridized carbons (Fsp3) is 0.474. The molecule has 4 N–H and O–H groups in total. The first-order chi connectivity index (χ1) is 25.9. The molecular formula is C38H46N8O6S2. The Kier molecular flexibility index (Phi) is 10.9. The lowest BCUT2D eigenvalue weighted by Gasteiger charge is -2.16. The molecule has 2 aromatic heterocycles. The number of hydrogen-bond donors (Lipinski definition) is 3. The van der Waals surface area contributed by atoms with Crippen LogP contribution < -0.4 is 15.2 Å². The van der Waals surface area contributed by atoms with Gasteiger partial charge in [0.25, 0.3) is 10.0 Å². The summed E-state index contributed by atoms with van der Waals surface area (Å²) in [6, 6.07) is 3.91. The highest BCUT2D eigenvalue weighted by Gasteiger charge is 2.28. The third-order valence-corrected chi connectivity index (χ3v) is 13.0. The number of rotatable bonds is 8. The minimum Gasteiger partial charge on any atom is -0.307 e. The topological polar surface area (TPSA) is 200 Å². The number of urea groups is 1. The predicted molar refractivity (Wildman–Crippen MR) is 202 cm³/mol. The maximum atomic E-state index is 12.6. The molecule has 0 saturated heterocycles. The van der Waals surface area contributed by atoms with Crippen LogP contribution in [0.4, 0.5) is 16.2 Å². The van der Waals surface area contributed by atoms with Crippen molar-refractivity contribution in [1.82, 2.24) is 24.3 Å². The normalized spacial score (nSPS) is 16.5. The average Bonchev–Trinajstić information content (AvgIpc) is 3.85. The Labute approximate surface area is 315 Å². The van der Waals surface area contributed by atoms with Gasteiger partial charge in [0.2, 0.25) is 16.1 Å². The lowest BCUT2D eigenvalue weighted by molar-refractivity contribution is 0.256. The standard InChI is InChI=1S/C20H24N4O3S.C13H13NO.C5H9N3O2S/c25-20(23-28(26,27)16-10-21-24(12-16)11-13-7-8-13)22-19-17-5-1-3-14(17)9-15-4-2-6-18(15)19;15-8-14-13-11-5-1-3-9(11)7-10-4-2-6-12(10)13;1-2-8-4-5(3-7-8)11(6,9)10/h9-10,12-13H,1-8,11H2,(H2,22,23,25);7H,1-6H2;3-4H,2H2,1H3,(H2,6,9,10). The van der Waals surface area contributed by atoms with E-state index in [1.807, 2.05) is 6.92 Å². The Balaban J connectivity index is 0.000000144. The number of anilines is 1. The fourth-order valence-corrected chi connectivity index (χ4v) is 9.39. The van der Waals surface area contributed by atoms with E-state index in [2.05, 4.69) is 37.4 Å². The minimum atomic E-state index is -3.95. The number of carbonyl (C=O) groups is 1. The van der Waals surface area contributed by atoms with Gasteiger partial charge in [0.15, 0.2) is 0 Å². The second kappa shape index (κ2) is 15.6. The number of amides is 2. The Morgan fingerprint density at radius 2 is 1.30 bits per heavy atom. The number of aryl methyl sites for hydroxylation is 5. The summed E-state index contributed by atoms with van der Waals surface area (Å²) in [5, 5.41) is 15.6. The SMILES string of the molecule is CCn1cc(S(N)(=O)=O)cn1.O=C(Nc1c2c(cc3c1CCC3)CCC2)NS(=O)(=O)c1cnn(CC2CC2)c1.O=C=Nc1c2c(cc3c1CCC3)CCC2. The second-order valence-corrected chi connectivity index (χ2v) is 17.9. The number of isocyanates is 1. The Morgan fingerprint density at radius 1 is 0.796 bits per heavy atom. The molecule has 0 spiro atoms. The van der Waals surface area contributed by atoms with Gasteiger partial charge < -0.3 is 5.32 Å². The van der Waals surface area contributed by atoms with E-state index in [-0.39, 0.29) is 9.79 Å². The summed E-state index contributed by atoms with van der Waals surface area (Å²) in [5.41, 5.74) is 12.2. The van der Waals surface area contributed by atoms with E-state index < -0.39 is 26.1 Å². The van der Waals surface area contributed by atoms with Gasteiger partial charge in [0, 0.05) is 31.2 Å². The zero-order valence-electron chi connectivity index (χ0n) is 30.4. The molecule has 2 heterocycles. The molecule has 286 valence electrons. The van der Waals surface area contributed by atoms with Crippen molar-refractivity contribution in [1.29, 1.82) is 0 Å².